The highest BCUT2D eigenvalue weighted by Crippen LogP contribution is 2.22. The number of rotatable bonds is 6. The van der Waals surface area contributed by atoms with Gasteiger partial charge in [-0.2, -0.15) is 0 Å². The van der Waals surface area contributed by atoms with Gasteiger partial charge in [0.1, 0.15) is 11.5 Å². The van der Waals surface area contributed by atoms with Gasteiger partial charge in [-0.25, -0.2) is 0 Å². The second-order valence-corrected chi connectivity index (χ2v) is 6.12. The fourth-order valence-electron chi connectivity index (χ4n) is 2.98. The fourth-order valence-corrected chi connectivity index (χ4v) is 2.98. The molecule has 3 rings (SSSR count). The SMILES string of the molecule is c1ccc(Oc2ccc(NCCN3CCCCCC3)cc2)cc1. The maximum absolute atomic E-state index is 5.81. The van der Waals surface area contributed by atoms with Gasteiger partial charge in [-0.05, 0) is 62.3 Å². The molecule has 1 saturated heterocycles. The summed E-state index contributed by atoms with van der Waals surface area (Å²) in [7, 11) is 0. The number of ether oxygens (including phenoxy) is 1. The number of anilines is 1. The van der Waals surface area contributed by atoms with E-state index in [1.807, 2.05) is 42.5 Å². The molecule has 1 aliphatic heterocycles. The van der Waals surface area contributed by atoms with Crippen LogP contribution in [-0.2, 0) is 0 Å². The third-order valence-corrected chi connectivity index (χ3v) is 4.29. The van der Waals surface area contributed by atoms with Crippen molar-refractivity contribution in [3.63, 3.8) is 0 Å². The Balaban J connectivity index is 1.44. The normalized spacial score (nSPS) is 15.8. The minimum Gasteiger partial charge on any atom is -0.457 e. The van der Waals surface area contributed by atoms with Crippen LogP contribution >= 0.6 is 0 Å². The predicted octanol–water partition coefficient (Wildman–Crippen LogP) is 4.77. The maximum Gasteiger partial charge on any atom is 0.127 e. The van der Waals surface area contributed by atoms with Crippen LogP contribution in [0.15, 0.2) is 54.6 Å². The van der Waals surface area contributed by atoms with Gasteiger partial charge in [0.2, 0.25) is 0 Å². The fraction of sp³-hybridized carbons (Fsp3) is 0.400. The van der Waals surface area contributed by atoms with Gasteiger partial charge in [0.05, 0.1) is 0 Å². The molecule has 0 saturated carbocycles. The maximum atomic E-state index is 5.81. The number of hydrogen-bond acceptors (Lipinski definition) is 3. The third-order valence-electron chi connectivity index (χ3n) is 4.29. The van der Waals surface area contributed by atoms with E-state index in [0.29, 0.717) is 0 Å². The van der Waals surface area contributed by atoms with Crippen LogP contribution in [0.1, 0.15) is 25.7 Å². The van der Waals surface area contributed by atoms with Crippen LogP contribution in [0.3, 0.4) is 0 Å². The molecule has 0 atom stereocenters. The van der Waals surface area contributed by atoms with Crippen molar-refractivity contribution in [3.05, 3.63) is 54.6 Å². The van der Waals surface area contributed by atoms with Crippen molar-refractivity contribution in [3.8, 4) is 11.5 Å². The lowest BCUT2D eigenvalue weighted by molar-refractivity contribution is 0.296. The Morgan fingerprint density at radius 3 is 2.13 bits per heavy atom. The standard InChI is InChI=1S/C20H26N2O/c1-2-7-16-22(15-6-1)17-14-21-18-10-12-20(13-11-18)23-19-8-4-3-5-9-19/h3-5,8-13,21H,1-2,6-7,14-17H2. The molecule has 3 nitrogen and oxygen atoms in total. The molecule has 23 heavy (non-hydrogen) atoms. The van der Waals surface area contributed by atoms with E-state index in [0.717, 1.165) is 30.3 Å². The first kappa shape index (κ1) is 15.9. The van der Waals surface area contributed by atoms with E-state index in [2.05, 4.69) is 22.3 Å². The first-order chi connectivity index (χ1) is 11.4. The van der Waals surface area contributed by atoms with E-state index in [-0.39, 0.29) is 0 Å². The van der Waals surface area contributed by atoms with Gasteiger partial charge in [-0.15, -0.1) is 0 Å². The molecule has 122 valence electrons. The molecular weight excluding hydrogens is 284 g/mol. The minimum atomic E-state index is 0.870. The van der Waals surface area contributed by atoms with Crippen LogP contribution in [0.25, 0.3) is 0 Å². The van der Waals surface area contributed by atoms with Gasteiger partial charge in [-0.3, -0.25) is 0 Å². The summed E-state index contributed by atoms with van der Waals surface area (Å²) < 4.78 is 5.81. The lowest BCUT2D eigenvalue weighted by atomic mass is 10.2. The molecular formula is C20H26N2O. The van der Waals surface area contributed by atoms with Crippen LogP contribution < -0.4 is 10.1 Å². The molecule has 1 heterocycles. The van der Waals surface area contributed by atoms with Crippen molar-refractivity contribution >= 4 is 5.69 Å². The van der Waals surface area contributed by atoms with E-state index in [9.17, 15) is 0 Å². The van der Waals surface area contributed by atoms with Gasteiger partial charge >= 0.3 is 0 Å². The lowest BCUT2D eigenvalue weighted by Gasteiger charge is -2.20. The predicted molar refractivity (Wildman–Crippen MR) is 96.4 cm³/mol. The highest BCUT2D eigenvalue weighted by Gasteiger charge is 2.07. The number of para-hydroxylation sites is 1. The summed E-state index contributed by atoms with van der Waals surface area (Å²) in [4.78, 5) is 2.58. The van der Waals surface area contributed by atoms with Crippen LogP contribution in [0.4, 0.5) is 5.69 Å². The molecule has 1 aliphatic rings. The summed E-state index contributed by atoms with van der Waals surface area (Å²) in [5.41, 5.74) is 1.15. The zero-order chi connectivity index (χ0) is 15.7. The summed E-state index contributed by atoms with van der Waals surface area (Å²) in [6, 6.07) is 18.1. The smallest absolute Gasteiger partial charge is 0.127 e. The van der Waals surface area contributed by atoms with E-state index < -0.39 is 0 Å². The number of nitrogens with zero attached hydrogens (tertiary/aromatic N) is 1. The van der Waals surface area contributed by atoms with Crippen molar-refractivity contribution in [1.29, 1.82) is 0 Å². The summed E-state index contributed by atoms with van der Waals surface area (Å²) in [6.07, 6.45) is 5.50. The van der Waals surface area contributed by atoms with Crippen molar-refractivity contribution in [2.24, 2.45) is 0 Å². The van der Waals surface area contributed by atoms with Crippen LogP contribution in [0.2, 0.25) is 0 Å². The third kappa shape index (κ3) is 5.29. The Morgan fingerprint density at radius 2 is 1.43 bits per heavy atom. The molecule has 0 bridgehead atoms. The molecule has 1 fully saturated rings. The van der Waals surface area contributed by atoms with Gasteiger partial charge in [-0.1, -0.05) is 31.0 Å². The molecule has 1 N–H and O–H groups in total. The molecule has 3 heteroatoms. The summed E-state index contributed by atoms with van der Waals surface area (Å²) in [6.45, 7) is 4.64. The average Bonchev–Trinajstić information content (AvgIpc) is 2.86. The lowest BCUT2D eigenvalue weighted by Crippen LogP contribution is -2.29. The largest absolute Gasteiger partial charge is 0.457 e. The van der Waals surface area contributed by atoms with Crippen molar-refractivity contribution in [2.45, 2.75) is 25.7 Å². The molecule has 0 unspecified atom stereocenters. The quantitative estimate of drug-likeness (QED) is 0.832. The molecule has 0 radical (unpaired) electrons. The highest BCUT2D eigenvalue weighted by molar-refractivity contribution is 5.47. The summed E-state index contributed by atoms with van der Waals surface area (Å²) in [5.74, 6) is 1.74. The Hall–Kier alpha value is -2.00. The Morgan fingerprint density at radius 1 is 0.783 bits per heavy atom. The van der Waals surface area contributed by atoms with Crippen LogP contribution in [0, 0.1) is 0 Å². The zero-order valence-electron chi connectivity index (χ0n) is 13.7. The number of benzene rings is 2. The van der Waals surface area contributed by atoms with E-state index in [4.69, 9.17) is 4.74 Å². The van der Waals surface area contributed by atoms with Gasteiger partial charge in [0.15, 0.2) is 0 Å². The first-order valence-corrected chi connectivity index (χ1v) is 8.69. The molecule has 0 amide bonds. The van der Waals surface area contributed by atoms with Crippen molar-refractivity contribution < 1.29 is 4.74 Å². The second-order valence-electron chi connectivity index (χ2n) is 6.12. The number of hydrogen-bond donors (Lipinski definition) is 1. The average molecular weight is 310 g/mol. The molecule has 0 aliphatic carbocycles. The second kappa shape index (κ2) is 8.59. The number of likely N-dealkylation sites (tertiary alicyclic amines) is 1. The summed E-state index contributed by atoms with van der Waals surface area (Å²) in [5, 5.41) is 3.51. The van der Waals surface area contributed by atoms with Crippen LogP contribution in [-0.4, -0.2) is 31.1 Å². The van der Waals surface area contributed by atoms with Gasteiger partial charge in [0.25, 0.3) is 0 Å². The first-order valence-electron chi connectivity index (χ1n) is 8.69. The molecule has 2 aromatic carbocycles. The highest BCUT2D eigenvalue weighted by atomic mass is 16.5. The topological polar surface area (TPSA) is 24.5 Å². The molecule has 0 aromatic heterocycles. The van der Waals surface area contributed by atoms with Crippen molar-refractivity contribution in [1.82, 2.24) is 4.90 Å². The monoisotopic (exact) mass is 310 g/mol. The Labute approximate surface area is 139 Å². The molecule has 2 aromatic rings. The van der Waals surface area contributed by atoms with Gasteiger partial charge in [0, 0.05) is 18.8 Å². The van der Waals surface area contributed by atoms with Crippen LogP contribution in [0.5, 0.6) is 11.5 Å². The Kier molecular flexibility index (Phi) is 5.93. The molecule has 0 spiro atoms. The zero-order valence-corrected chi connectivity index (χ0v) is 13.7. The number of nitrogens with one attached hydrogen (secondary N) is 1. The van der Waals surface area contributed by atoms with Gasteiger partial charge < -0.3 is 15.0 Å². The summed E-state index contributed by atoms with van der Waals surface area (Å²) >= 11 is 0. The minimum absolute atomic E-state index is 0.870. The van der Waals surface area contributed by atoms with Crippen molar-refractivity contribution in [2.75, 3.05) is 31.5 Å². The van der Waals surface area contributed by atoms with E-state index >= 15 is 0 Å². The van der Waals surface area contributed by atoms with E-state index in [1.54, 1.807) is 0 Å². The van der Waals surface area contributed by atoms with E-state index in [1.165, 1.54) is 38.8 Å². The Bertz CT molecular complexity index is 560.